The summed E-state index contributed by atoms with van der Waals surface area (Å²) in [6.45, 7) is 2.24. The molecule has 0 aromatic heterocycles. The average molecular weight is 229 g/mol. The van der Waals surface area contributed by atoms with Crippen molar-refractivity contribution >= 4 is 11.8 Å². The Hall–Kier alpha value is -1.65. The first-order valence-electron chi connectivity index (χ1n) is 5.02. The molecular formula is C11H13F2NO2. The molecule has 0 atom stereocenters. The molecule has 3 nitrogen and oxygen atoms in total. The van der Waals surface area contributed by atoms with E-state index in [1.807, 2.05) is 6.92 Å². The summed E-state index contributed by atoms with van der Waals surface area (Å²) < 4.78 is 30.4. The van der Waals surface area contributed by atoms with Gasteiger partial charge in [-0.2, -0.15) is 0 Å². The van der Waals surface area contributed by atoms with Crippen LogP contribution in [-0.4, -0.2) is 12.7 Å². The van der Waals surface area contributed by atoms with Gasteiger partial charge in [-0.05, 0) is 18.6 Å². The van der Waals surface area contributed by atoms with Crippen LogP contribution in [-0.2, 0) is 4.74 Å². The summed E-state index contributed by atoms with van der Waals surface area (Å²) in [6, 6.07) is 2.90. The Kier molecular flexibility index (Phi) is 4.69. The molecule has 0 saturated heterocycles. The molecule has 1 aromatic rings. The summed E-state index contributed by atoms with van der Waals surface area (Å²) in [6.07, 6.45) is 0.913. The second-order valence-corrected chi connectivity index (χ2v) is 3.24. The highest BCUT2D eigenvalue weighted by atomic mass is 19.1. The fraction of sp³-hybridized carbons (Fsp3) is 0.364. The average Bonchev–Trinajstić information content (AvgIpc) is 2.23. The third-order valence-corrected chi connectivity index (χ3v) is 1.90. The highest BCUT2D eigenvalue weighted by molar-refractivity contribution is 5.84. The van der Waals surface area contributed by atoms with Crippen molar-refractivity contribution in [1.29, 1.82) is 0 Å². The van der Waals surface area contributed by atoms with Gasteiger partial charge in [0.05, 0.1) is 12.3 Å². The number of carbonyl (C=O) groups is 1. The lowest BCUT2D eigenvalue weighted by molar-refractivity contribution is 0.159. The number of hydrogen-bond acceptors (Lipinski definition) is 2. The molecule has 0 heterocycles. The Morgan fingerprint density at radius 3 is 2.81 bits per heavy atom. The van der Waals surface area contributed by atoms with Gasteiger partial charge in [-0.25, -0.2) is 13.6 Å². The number of unbranched alkanes of at least 4 members (excludes halogenated alkanes) is 1. The lowest BCUT2D eigenvalue weighted by atomic mass is 10.3. The van der Waals surface area contributed by atoms with Crippen molar-refractivity contribution in [3.8, 4) is 0 Å². The molecule has 0 unspecified atom stereocenters. The Morgan fingerprint density at radius 1 is 1.44 bits per heavy atom. The van der Waals surface area contributed by atoms with Crippen molar-refractivity contribution in [2.24, 2.45) is 0 Å². The Bertz CT molecular complexity index is 369. The maximum Gasteiger partial charge on any atom is 0.411 e. The zero-order valence-corrected chi connectivity index (χ0v) is 8.93. The third kappa shape index (κ3) is 3.84. The van der Waals surface area contributed by atoms with Gasteiger partial charge in [-0.1, -0.05) is 13.3 Å². The van der Waals surface area contributed by atoms with E-state index < -0.39 is 17.7 Å². The quantitative estimate of drug-likeness (QED) is 0.804. The van der Waals surface area contributed by atoms with Crippen LogP contribution < -0.4 is 5.32 Å². The summed E-state index contributed by atoms with van der Waals surface area (Å²) >= 11 is 0. The van der Waals surface area contributed by atoms with Gasteiger partial charge < -0.3 is 4.74 Å². The Balaban J connectivity index is 2.49. The first-order chi connectivity index (χ1) is 7.63. The summed E-state index contributed by atoms with van der Waals surface area (Å²) in [5.74, 6) is -1.52. The number of anilines is 1. The molecule has 1 amide bonds. The van der Waals surface area contributed by atoms with Crippen LogP contribution >= 0.6 is 0 Å². The molecule has 16 heavy (non-hydrogen) atoms. The highest BCUT2D eigenvalue weighted by Crippen LogP contribution is 2.14. The van der Waals surface area contributed by atoms with E-state index in [9.17, 15) is 13.6 Å². The van der Waals surface area contributed by atoms with E-state index in [2.05, 4.69) is 5.32 Å². The zero-order chi connectivity index (χ0) is 12.0. The molecule has 0 fully saturated rings. The largest absolute Gasteiger partial charge is 0.449 e. The minimum atomic E-state index is -0.826. The Morgan fingerprint density at radius 2 is 2.19 bits per heavy atom. The van der Waals surface area contributed by atoms with Gasteiger partial charge in [-0.15, -0.1) is 0 Å². The molecule has 5 heteroatoms. The number of ether oxygens (including phenoxy) is 1. The molecule has 1 rings (SSSR count). The predicted molar refractivity (Wildman–Crippen MR) is 56.2 cm³/mol. The number of nitrogens with one attached hydrogen (secondary N) is 1. The van der Waals surface area contributed by atoms with Crippen LogP contribution in [0.1, 0.15) is 19.8 Å². The molecular weight excluding hydrogens is 216 g/mol. The van der Waals surface area contributed by atoms with Crippen LogP contribution in [0.15, 0.2) is 18.2 Å². The number of amides is 1. The number of carbonyl (C=O) groups excluding carboxylic acids is 1. The standard InChI is InChI=1S/C11H13F2NO2/c1-2-3-6-16-11(15)14-10-5-4-8(12)7-9(10)13/h4-5,7H,2-3,6H2,1H3,(H,14,15). The van der Waals surface area contributed by atoms with Crippen LogP contribution in [0.25, 0.3) is 0 Å². The van der Waals surface area contributed by atoms with Crippen LogP contribution in [0, 0.1) is 11.6 Å². The van der Waals surface area contributed by atoms with Gasteiger partial charge in [0, 0.05) is 6.07 Å². The number of hydrogen-bond donors (Lipinski definition) is 1. The van der Waals surface area contributed by atoms with Gasteiger partial charge in [0.15, 0.2) is 0 Å². The van der Waals surface area contributed by atoms with E-state index in [1.54, 1.807) is 0 Å². The van der Waals surface area contributed by atoms with E-state index in [0.29, 0.717) is 6.07 Å². The summed E-state index contributed by atoms with van der Waals surface area (Å²) in [4.78, 5) is 11.1. The zero-order valence-electron chi connectivity index (χ0n) is 8.93. The fourth-order valence-corrected chi connectivity index (χ4v) is 1.05. The third-order valence-electron chi connectivity index (χ3n) is 1.90. The van der Waals surface area contributed by atoms with Crippen molar-refractivity contribution in [2.45, 2.75) is 19.8 Å². The van der Waals surface area contributed by atoms with Gasteiger partial charge in [-0.3, -0.25) is 5.32 Å². The highest BCUT2D eigenvalue weighted by Gasteiger charge is 2.08. The first kappa shape index (κ1) is 12.4. The molecule has 1 N–H and O–H groups in total. The molecule has 0 aliphatic carbocycles. The molecule has 0 bridgehead atoms. The second kappa shape index (κ2) is 6.05. The number of halogens is 2. The minimum Gasteiger partial charge on any atom is -0.449 e. The second-order valence-electron chi connectivity index (χ2n) is 3.24. The first-order valence-corrected chi connectivity index (χ1v) is 5.02. The van der Waals surface area contributed by atoms with Crippen LogP contribution in [0.4, 0.5) is 19.3 Å². The smallest absolute Gasteiger partial charge is 0.411 e. The SMILES string of the molecule is CCCCOC(=O)Nc1ccc(F)cc1F. The van der Waals surface area contributed by atoms with E-state index in [4.69, 9.17) is 4.74 Å². The van der Waals surface area contributed by atoms with E-state index in [0.717, 1.165) is 25.0 Å². The molecule has 0 saturated carbocycles. The van der Waals surface area contributed by atoms with Gasteiger partial charge in [0.25, 0.3) is 0 Å². The molecule has 0 radical (unpaired) electrons. The van der Waals surface area contributed by atoms with E-state index >= 15 is 0 Å². The van der Waals surface area contributed by atoms with Crippen molar-refractivity contribution in [1.82, 2.24) is 0 Å². The van der Waals surface area contributed by atoms with Gasteiger partial charge in [0.2, 0.25) is 0 Å². The maximum atomic E-state index is 13.1. The fourth-order valence-electron chi connectivity index (χ4n) is 1.05. The Labute approximate surface area is 92.4 Å². The van der Waals surface area contributed by atoms with E-state index in [1.165, 1.54) is 0 Å². The molecule has 0 aliphatic rings. The lowest BCUT2D eigenvalue weighted by Crippen LogP contribution is -2.15. The monoisotopic (exact) mass is 229 g/mol. The van der Waals surface area contributed by atoms with Crippen LogP contribution in [0.5, 0.6) is 0 Å². The summed E-state index contributed by atoms with van der Waals surface area (Å²) in [7, 11) is 0. The normalized spacial score (nSPS) is 9.94. The van der Waals surface area contributed by atoms with Crippen molar-refractivity contribution < 1.29 is 18.3 Å². The number of benzene rings is 1. The van der Waals surface area contributed by atoms with Crippen molar-refractivity contribution in [2.75, 3.05) is 11.9 Å². The van der Waals surface area contributed by atoms with Gasteiger partial charge in [0.1, 0.15) is 11.6 Å². The summed E-state index contributed by atoms with van der Waals surface area (Å²) in [5, 5.41) is 2.19. The number of rotatable bonds is 4. The molecule has 0 aliphatic heterocycles. The van der Waals surface area contributed by atoms with Crippen molar-refractivity contribution in [3.63, 3.8) is 0 Å². The van der Waals surface area contributed by atoms with E-state index in [-0.39, 0.29) is 12.3 Å². The maximum absolute atomic E-state index is 13.1. The topological polar surface area (TPSA) is 38.3 Å². The van der Waals surface area contributed by atoms with Crippen molar-refractivity contribution in [3.05, 3.63) is 29.8 Å². The van der Waals surface area contributed by atoms with Crippen LogP contribution in [0.3, 0.4) is 0 Å². The predicted octanol–water partition coefficient (Wildman–Crippen LogP) is 3.31. The molecule has 88 valence electrons. The lowest BCUT2D eigenvalue weighted by Gasteiger charge is -2.07. The molecule has 0 spiro atoms. The summed E-state index contributed by atoms with van der Waals surface area (Å²) in [5.41, 5.74) is -0.0945. The van der Waals surface area contributed by atoms with Gasteiger partial charge >= 0.3 is 6.09 Å². The minimum absolute atomic E-state index is 0.0945. The molecule has 1 aromatic carbocycles. The van der Waals surface area contributed by atoms with Crippen LogP contribution in [0.2, 0.25) is 0 Å².